The number of hydrogen-bond donors (Lipinski definition) is 1. The maximum Gasteiger partial charge on any atom is 0.411 e. The Hall–Kier alpha value is -5.15. The van der Waals surface area contributed by atoms with Gasteiger partial charge in [-0.15, -0.1) is 0 Å². The summed E-state index contributed by atoms with van der Waals surface area (Å²) in [7, 11) is -0.653. The zero-order valence-corrected chi connectivity index (χ0v) is 37.1. The van der Waals surface area contributed by atoms with E-state index in [1.807, 2.05) is 13.8 Å². The minimum Gasteiger partial charge on any atom is -0.493 e. The summed E-state index contributed by atoms with van der Waals surface area (Å²) in [5, 5.41) is 14.8. The van der Waals surface area contributed by atoms with Crippen LogP contribution in [-0.4, -0.2) is 99.7 Å². The van der Waals surface area contributed by atoms with Gasteiger partial charge in [0.25, 0.3) is 17.5 Å². The van der Waals surface area contributed by atoms with E-state index < -0.39 is 25.2 Å². The lowest BCUT2D eigenvalue weighted by Crippen LogP contribution is -2.46. The van der Waals surface area contributed by atoms with Crippen molar-refractivity contribution >= 4 is 37.6 Å². The molecule has 2 fully saturated rings. The molecule has 2 heterocycles. The molecule has 2 aromatic rings. The number of methoxy groups -OCH3 is 1. The van der Waals surface area contributed by atoms with Crippen LogP contribution >= 0.6 is 0 Å². The van der Waals surface area contributed by atoms with Crippen LogP contribution in [0.5, 0.6) is 17.2 Å². The quantitative estimate of drug-likeness (QED) is 0.0475. The number of nitro groups is 1. The maximum atomic E-state index is 14.2. The molecule has 3 amide bonds. The van der Waals surface area contributed by atoms with Crippen molar-refractivity contribution < 1.29 is 42.7 Å². The fourth-order valence-corrected chi connectivity index (χ4v) is 7.91. The topological polar surface area (TPSA) is 159 Å². The SMILES string of the molecule is C=CCOC(=O)Nc1cc(OCCCCCOc2cc([N+](=O)[O-])c(C(=O)N3CC(=C)C[C@H]3CC)cc2OC)c(C)cc1C(=O)N1CC(=C)C[C@H]1CO[Si](C)(C)C(C)(C)C. The molecule has 0 spiro atoms. The van der Waals surface area contributed by atoms with E-state index in [0.717, 1.165) is 11.1 Å². The molecule has 0 aromatic heterocycles. The van der Waals surface area contributed by atoms with Gasteiger partial charge in [-0.1, -0.05) is 64.7 Å². The van der Waals surface area contributed by atoms with E-state index in [4.69, 9.17) is 23.4 Å². The predicted molar refractivity (Wildman–Crippen MR) is 231 cm³/mol. The van der Waals surface area contributed by atoms with Crippen LogP contribution in [0.4, 0.5) is 16.2 Å². The Bertz CT molecular complexity index is 1920. The predicted octanol–water partition coefficient (Wildman–Crippen LogP) is 9.25. The monoisotopic (exact) mass is 834 g/mol. The van der Waals surface area contributed by atoms with E-state index >= 15 is 0 Å². The van der Waals surface area contributed by atoms with Crippen LogP contribution < -0.4 is 19.5 Å². The van der Waals surface area contributed by atoms with Crippen molar-refractivity contribution in [3.05, 3.63) is 88.0 Å². The Labute approximate surface area is 349 Å². The van der Waals surface area contributed by atoms with Crippen molar-refractivity contribution in [2.45, 2.75) is 103 Å². The number of likely N-dealkylation sites (tertiary alicyclic amines) is 2. The van der Waals surface area contributed by atoms with Gasteiger partial charge in [-0.3, -0.25) is 25.0 Å². The van der Waals surface area contributed by atoms with E-state index in [1.54, 1.807) is 21.9 Å². The van der Waals surface area contributed by atoms with Gasteiger partial charge in [-0.05, 0) is 75.2 Å². The number of rotatable bonds is 19. The summed E-state index contributed by atoms with van der Waals surface area (Å²) in [4.78, 5) is 55.3. The standard InChI is InChI=1S/C44H62N4O10Si/c1-12-17-57-43(51)45-36-24-38(31(5)22-34(36)41(49)47-27-30(4)21-33(47)28-58-59(10,11)44(6,7)8)55-18-15-14-16-19-56-40-25-37(48(52)53)35(23-39(40)54-9)42(50)46-26-29(3)20-32(46)13-2/h12,22-25,32-33H,1,3-4,13-21,26-28H2,2,5-11H3,(H,45,51)/t32-,33+/m1/s1. The van der Waals surface area contributed by atoms with E-state index in [9.17, 15) is 24.5 Å². The largest absolute Gasteiger partial charge is 0.493 e. The van der Waals surface area contributed by atoms with Gasteiger partial charge < -0.3 is 33.2 Å². The van der Waals surface area contributed by atoms with Gasteiger partial charge in [-0.2, -0.15) is 0 Å². The van der Waals surface area contributed by atoms with Crippen LogP contribution in [0.25, 0.3) is 0 Å². The lowest BCUT2D eigenvalue weighted by atomic mass is 10.1. The van der Waals surface area contributed by atoms with Gasteiger partial charge in [0.05, 0.1) is 55.2 Å². The summed E-state index contributed by atoms with van der Waals surface area (Å²) in [5.74, 6) is 0.207. The molecule has 322 valence electrons. The van der Waals surface area contributed by atoms with Gasteiger partial charge >= 0.3 is 6.09 Å². The van der Waals surface area contributed by atoms with Crippen LogP contribution in [0.1, 0.15) is 92.5 Å². The maximum absolute atomic E-state index is 14.2. The lowest BCUT2D eigenvalue weighted by Gasteiger charge is -2.38. The first kappa shape index (κ1) is 46.5. The molecule has 2 aromatic carbocycles. The fraction of sp³-hybridized carbons (Fsp3) is 0.523. The number of unbranched alkanes of at least 4 members (excludes halogenated alkanes) is 2. The molecule has 14 nitrogen and oxygen atoms in total. The second kappa shape index (κ2) is 20.2. The minimum absolute atomic E-state index is 0.00349. The molecule has 1 N–H and O–H groups in total. The number of benzene rings is 2. The molecule has 2 saturated heterocycles. The lowest BCUT2D eigenvalue weighted by molar-refractivity contribution is -0.385. The van der Waals surface area contributed by atoms with Crippen LogP contribution in [0, 0.1) is 17.0 Å². The van der Waals surface area contributed by atoms with Crippen molar-refractivity contribution in [3.63, 3.8) is 0 Å². The Morgan fingerprint density at radius 1 is 0.915 bits per heavy atom. The summed E-state index contributed by atoms with van der Waals surface area (Å²) >= 11 is 0. The van der Waals surface area contributed by atoms with E-state index in [-0.39, 0.29) is 64.7 Å². The highest BCUT2D eigenvalue weighted by Gasteiger charge is 2.40. The molecular formula is C44H62N4O10Si. The van der Waals surface area contributed by atoms with E-state index in [2.05, 4.69) is 58.9 Å². The molecule has 0 unspecified atom stereocenters. The van der Waals surface area contributed by atoms with Crippen molar-refractivity contribution in [2.75, 3.05) is 51.9 Å². The molecule has 0 radical (unpaired) electrons. The zero-order chi connectivity index (χ0) is 43.7. The highest BCUT2D eigenvalue weighted by Crippen LogP contribution is 2.39. The zero-order valence-electron chi connectivity index (χ0n) is 36.1. The van der Waals surface area contributed by atoms with Crippen molar-refractivity contribution in [3.8, 4) is 17.2 Å². The molecule has 0 saturated carbocycles. The smallest absolute Gasteiger partial charge is 0.411 e. The van der Waals surface area contributed by atoms with Gasteiger partial charge in [0.15, 0.2) is 19.8 Å². The summed E-state index contributed by atoms with van der Waals surface area (Å²) in [6, 6.07) is 5.73. The van der Waals surface area contributed by atoms with Crippen LogP contribution in [0.2, 0.25) is 18.1 Å². The number of anilines is 1. The van der Waals surface area contributed by atoms with Crippen molar-refractivity contribution in [1.82, 2.24) is 9.80 Å². The molecule has 2 aliphatic heterocycles. The van der Waals surface area contributed by atoms with Gasteiger partial charge in [0, 0.05) is 31.3 Å². The van der Waals surface area contributed by atoms with Crippen molar-refractivity contribution in [2.24, 2.45) is 0 Å². The third-order valence-electron chi connectivity index (χ3n) is 11.3. The highest BCUT2D eigenvalue weighted by molar-refractivity contribution is 6.74. The molecule has 0 aliphatic carbocycles. The van der Waals surface area contributed by atoms with Gasteiger partial charge in [0.2, 0.25) is 0 Å². The third kappa shape index (κ3) is 11.7. The molecule has 15 heteroatoms. The molecule has 2 atom stereocenters. The van der Waals surface area contributed by atoms with E-state index in [0.29, 0.717) is 81.7 Å². The number of nitrogens with one attached hydrogen (secondary N) is 1. The number of amides is 3. The van der Waals surface area contributed by atoms with Crippen LogP contribution in [0.15, 0.2) is 61.2 Å². The Balaban J connectivity index is 1.40. The minimum atomic E-state index is -2.08. The highest BCUT2D eigenvalue weighted by atomic mass is 28.4. The van der Waals surface area contributed by atoms with E-state index in [1.165, 1.54) is 25.3 Å². The molecule has 59 heavy (non-hydrogen) atoms. The van der Waals surface area contributed by atoms with Gasteiger partial charge in [0.1, 0.15) is 17.9 Å². The number of nitrogens with zero attached hydrogens (tertiary/aromatic N) is 3. The molecule has 4 rings (SSSR count). The third-order valence-corrected chi connectivity index (χ3v) is 15.8. The number of ether oxygens (including phenoxy) is 4. The number of hydrogen-bond acceptors (Lipinski definition) is 10. The first-order valence-corrected chi connectivity index (χ1v) is 23.1. The number of aryl methyl sites for hydroxylation is 1. The Kier molecular flexibility index (Phi) is 15.9. The molecule has 0 bridgehead atoms. The first-order valence-electron chi connectivity index (χ1n) is 20.2. The van der Waals surface area contributed by atoms with Gasteiger partial charge in [-0.25, -0.2) is 4.79 Å². The first-order chi connectivity index (χ1) is 27.8. The summed E-state index contributed by atoms with van der Waals surface area (Å²) in [6.45, 7) is 28.2. The van der Waals surface area contributed by atoms with Crippen LogP contribution in [-0.2, 0) is 9.16 Å². The van der Waals surface area contributed by atoms with Crippen LogP contribution in [0.3, 0.4) is 0 Å². The summed E-state index contributed by atoms with van der Waals surface area (Å²) in [6.07, 6.45) is 4.68. The summed E-state index contributed by atoms with van der Waals surface area (Å²) in [5.41, 5.74) is 2.71. The molecule has 2 aliphatic rings. The number of carbonyl (C=O) groups is 3. The second-order valence-corrected chi connectivity index (χ2v) is 21.6. The Morgan fingerprint density at radius 3 is 2.08 bits per heavy atom. The molecular weight excluding hydrogens is 773 g/mol. The number of nitro benzene ring substituents is 1. The summed E-state index contributed by atoms with van der Waals surface area (Å²) < 4.78 is 29.3. The van der Waals surface area contributed by atoms with Crippen molar-refractivity contribution in [1.29, 1.82) is 0 Å². The average Bonchev–Trinajstić information content (AvgIpc) is 3.76. The number of carbonyl (C=O) groups excluding carboxylic acids is 3. The normalized spacial score (nSPS) is 16.9. The second-order valence-electron chi connectivity index (χ2n) is 16.8. The Morgan fingerprint density at radius 2 is 1.51 bits per heavy atom. The fourth-order valence-electron chi connectivity index (χ4n) is 6.87. The average molecular weight is 835 g/mol.